The highest BCUT2D eigenvalue weighted by molar-refractivity contribution is 5.13. The van der Waals surface area contributed by atoms with Crippen LogP contribution in [-0.2, 0) is 4.74 Å². The van der Waals surface area contributed by atoms with Gasteiger partial charge < -0.3 is 14.9 Å². The molecule has 2 N–H and O–H groups in total. The van der Waals surface area contributed by atoms with Crippen molar-refractivity contribution < 1.29 is 14.9 Å². The standard InChI is InChI=1S/C11H15NO3/c1-7-3-2-4-8(12-7)10-5-9(14)11(6-13)15-10/h2-4,9-11,13-14H,5-6H2,1H3/t9-,10+,11+/m0/s1. The van der Waals surface area contributed by atoms with E-state index in [-0.39, 0.29) is 12.7 Å². The molecule has 1 fully saturated rings. The first-order chi connectivity index (χ1) is 7.20. The van der Waals surface area contributed by atoms with Gasteiger partial charge in [0.05, 0.1) is 18.4 Å². The smallest absolute Gasteiger partial charge is 0.107 e. The molecule has 0 aromatic carbocycles. The van der Waals surface area contributed by atoms with Gasteiger partial charge in [-0.15, -0.1) is 0 Å². The zero-order chi connectivity index (χ0) is 10.8. The summed E-state index contributed by atoms with van der Waals surface area (Å²) in [4.78, 5) is 4.34. The second-order valence-corrected chi connectivity index (χ2v) is 3.85. The fourth-order valence-electron chi connectivity index (χ4n) is 1.83. The first-order valence-corrected chi connectivity index (χ1v) is 5.08. The van der Waals surface area contributed by atoms with Crippen LogP contribution < -0.4 is 0 Å². The summed E-state index contributed by atoms with van der Waals surface area (Å²) in [5.74, 6) is 0. The van der Waals surface area contributed by atoms with Gasteiger partial charge in [0.15, 0.2) is 0 Å². The van der Waals surface area contributed by atoms with Crippen LogP contribution in [0.2, 0.25) is 0 Å². The average Bonchev–Trinajstić information content (AvgIpc) is 2.60. The Labute approximate surface area is 88.5 Å². The van der Waals surface area contributed by atoms with Gasteiger partial charge in [0.25, 0.3) is 0 Å². The number of hydrogen-bond acceptors (Lipinski definition) is 4. The molecule has 0 aliphatic carbocycles. The Morgan fingerprint density at radius 2 is 2.33 bits per heavy atom. The number of aromatic nitrogens is 1. The van der Waals surface area contributed by atoms with Gasteiger partial charge in [-0.25, -0.2) is 0 Å². The van der Waals surface area contributed by atoms with Crippen LogP contribution in [0.25, 0.3) is 0 Å². The summed E-state index contributed by atoms with van der Waals surface area (Å²) in [6, 6.07) is 5.71. The highest BCUT2D eigenvalue weighted by Gasteiger charge is 2.34. The van der Waals surface area contributed by atoms with E-state index >= 15 is 0 Å². The minimum Gasteiger partial charge on any atom is -0.394 e. The predicted octanol–water partition coefficient (Wildman–Crippen LogP) is 0.573. The van der Waals surface area contributed by atoms with E-state index in [1.165, 1.54) is 0 Å². The van der Waals surface area contributed by atoms with Gasteiger partial charge in [-0.2, -0.15) is 0 Å². The zero-order valence-corrected chi connectivity index (χ0v) is 8.63. The third-order valence-electron chi connectivity index (χ3n) is 2.64. The molecule has 4 heteroatoms. The molecule has 1 aliphatic rings. The number of rotatable bonds is 2. The Hall–Kier alpha value is -0.970. The number of aryl methyl sites for hydroxylation is 1. The van der Waals surface area contributed by atoms with Gasteiger partial charge >= 0.3 is 0 Å². The quantitative estimate of drug-likeness (QED) is 0.747. The Bertz CT molecular complexity index is 342. The molecule has 1 saturated heterocycles. The number of aliphatic hydroxyl groups is 2. The van der Waals surface area contributed by atoms with E-state index in [1.54, 1.807) is 0 Å². The summed E-state index contributed by atoms with van der Waals surface area (Å²) < 4.78 is 5.50. The van der Waals surface area contributed by atoms with Gasteiger partial charge in [-0.05, 0) is 19.1 Å². The molecular weight excluding hydrogens is 194 g/mol. The molecule has 0 amide bonds. The van der Waals surface area contributed by atoms with E-state index in [9.17, 15) is 5.11 Å². The van der Waals surface area contributed by atoms with Crippen LogP contribution >= 0.6 is 0 Å². The zero-order valence-electron chi connectivity index (χ0n) is 8.63. The second-order valence-electron chi connectivity index (χ2n) is 3.85. The molecule has 15 heavy (non-hydrogen) atoms. The van der Waals surface area contributed by atoms with Crippen molar-refractivity contribution >= 4 is 0 Å². The topological polar surface area (TPSA) is 62.6 Å². The van der Waals surface area contributed by atoms with Gasteiger partial charge in [0, 0.05) is 12.1 Å². The van der Waals surface area contributed by atoms with E-state index in [2.05, 4.69) is 4.98 Å². The lowest BCUT2D eigenvalue weighted by Gasteiger charge is -2.11. The number of ether oxygens (including phenoxy) is 1. The molecule has 0 spiro atoms. The lowest BCUT2D eigenvalue weighted by atomic mass is 10.1. The summed E-state index contributed by atoms with van der Waals surface area (Å²) in [6.07, 6.45) is -0.765. The molecule has 0 radical (unpaired) electrons. The molecule has 2 heterocycles. The van der Waals surface area contributed by atoms with E-state index < -0.39 is 12.2 Å². The van der Waals surface area contributed by atoms with Crippen LogP contribution in [-0.4, -0.2) is 34.0 Å². The predicted molar refractivity (Wildman–Crippen MR) is 54.3 cm³/mol. The SMILES string of the molecule is Cc1cccc([C@H]2C[C@H](O)[C@@H](CO)O2)n1. The number of pyridine rings is 1. The monoisotopic (exact) mass is 209 g/mol. The van der Waals surface area contributed by atoms with Gasteiger partial charge in [0.2, 0.25) is 0 Å². The van der Waals surface area contributed by atoms with Gasteiger partial charge in [-0.3, -0.25) is 4.98 Å². The number of hydrogen-bond donors (Lipinski definition) is 2. The second kappa shape index (κ2) is 4.26. The highest BCUT2D eigenvalue weighted by atomic mass is 16.5. The Balaban J connectivity index is 2.13. The van der Waals surface area contributed by atoms with E-state index in [4.69, 9.17) is 9.84 Å². The molecule has 0 bridgehead atoms. The molecule has 3 atom stereocenters. The van der Waals surface area contributed by atoms with Crippen molar-refractivity contribution in [3.05, 3.63) is 29.6 Å². The Kier molecular flexibility index (Phi) is 3.00. The normalized spacial score (nSPS) is 30.7. The molecule has 1 aliphatic heterocycles. The molecule has 4 nitrogen and oxygen atoms in total. The number of aliphatic hydroxyl groups excluding tert-OH is 2. The minimum absolute atomic E-state index is 0.149. The van der Waals surface area contributed by atoms with E-state index in [1.807, 2.05) is 25.1 Å². The van der Waals surface area contributed by atoms with E-state index in [0.29, 0.717) is 6.42 Å². The van der Waals surface area contributed by atoms with Crippen LogP contribution in [0.15, 0.2) is 18.2 Å². The average molecular weight is 209 g/mol. The molecule has 82 valence electrons. The molecule has 2 rings (SSSR count). The fraction of sp³-hybridized carbons (Fsp3) is 0.545. The summed E-state index contributed by atoms with van der Waals surface area (Å²) in [5.41, 5.74) is 1.75. The van der Waals surface area contributed by atoms with Crippen molar-refractivity contribution in [2.24, 2.45) is 0 Å². The third kappa shape index (κ3) is 2.17. The number of nitrogens with zero attached hydrogens (tertiary/aromatic N) is 1. The summed E-state index contributed by atoms with van der Waals surface area (Å²) in [5, 5.41) is 18.5. The van der Waals surface area contributed by atoms with Crippen molar-refractivity contribution in [3.63, 3.8) is 0 Å². The van der Waals surface area contributed by atoms with Crippen LogP contribution in [0.5, 0.6) is 0 Å². The lowest BCUT2D eigenvalue weighted by molar-refractivity contribution is -0.0236. The van der Waals surface area contributed by atoms with Crippen molar-refractivity contribution in [2.75, 3.05) is 6.61 Å². The molecule has 1 aromatic heterocycles. The molecule has 0 unspecified atom stereocenters. The first kappa shape index (κ1) is 10.5. The fourth-order valence-corrected chi connectivity index (χ4v) is 1.83. The van der Waals surface area contributed by atoms with Crippen LogP contribution in [0, 0.1) is 6.92 Å². The molecular formula is C11H15NO3. The van der Waals surface area contributed by atoms with Crippen molar-refractivity contribution in [2.45, 2.75) is 31.7 Å². The van der Waals surface area contributed by atoms with Crippen molar-refractivity contribution in [1.29, 1.82) is 0 Å². The Morgan fingerprint density at radius 3 is 2.93 bits per heavy atom. The van der Waals surface area contributed by atoms with Gasteiger partial charge in [-0.1, -0.05) is 6.07 Å². The third-order valence-corrected chi connectivity index (χ3v) is 2.64. The highest BCUT2D eigenvalue weighted by Crippen LogP contribution is 2.31. The Morgan fingerprint density at radius 1 is 1.53 bits per heavy atom. The maximum Gasteiger partial charge on any atom is 0.107 e. The molecule has 0 saturated carbocycles. The van der Waals surface area contributed by atoms with Crippen molar-refractivity contribution in [1.82, 2.24) is 4.98 Å². The largest absolute Gasteiger partial charge is 0.394 e. The van der Waals surface area contributed by atoms with Crippen LogP contribution in [0.4, 0.5) is 0 Å². The summed E-state index contributed by atoms with van der Waals surface area (Å²) >= 11 is 0. The van der Waals surface area contributed by atoms with E-state index in [0.717, 1.165) is 11.4 Å². The lowest BCUT2D eigenvalue weighted by Crippen LogP contribution is -2.24. The minimum atomic E-state index is -0.595. The maximum atomic E-state index is 9.58. The summed E-state index contributed by atoms with van der Waals surface area (Å²) in [6.45, 7) is 1.77. The molecule has 1 aromatic rings. The van der Waals surface area contributed by atoms with Crippen LogP contribution in [0.3, 0.4) is 0 Å². The van der Waals surface area contributed by atoms with Crippen LogP contribution in [0.1, 0.15) is 23.9 Å². The maximum absolute atomic E-state index is 9.58. The van der Waals surface area contributed by atoms with Crippen molar-refractivity contribution in [3.8, 4) is 0 Å². The summed E-state index contributed by atoms with van der Waals surface area (Å²) in [7, 11) is 0. The van der Waals surface area contributed by atoms with Gasteiger partial charge in [0.1, 0.15) is 12.2 Å². The first-order valence-electron chi connectivity index (χ1n) is 5.08.